The second kappa shape index (κ2) is 6.80. The predicted octanol–water partition coefficient (Wildman–Crippen LogP) is 2.19. The summed E-state index contributed by atoms with van der Waals surface area (Å²) < 4.78 is 5.81. The van der Waals surface area contributed by atoms with Crippen LogP contribution in [0.4, 0.5) is 5.69 Å². The fraction of sp³-hybridized carbons (Fsp3) is 0.438. The molecule has 8 heteroatoms. The predicted molar refractivity (Wildman–Crippen MR) is 96.7 cm³/mol. The van der Waals surface area contributed by atoms with Gasteiger partial charge in [-0.05, 0) is 43.9 Å². The Hall–Kier alpha value is -2.09. The number of aliphatic imine (C=N–C) groups is 2. The number of nitrogens with two attached hydrogens (primary N) is 1. The highest BCUT2D eigenvalue weighted by molar-refractivity contribution is 9.10. The first kappa shape index (κ1) is 16.8. The van der Waals surface area contributed by atoms with E-state index in [0.29, 0.717) is 31.6 Å². The normalized spacial score (nSPS) is 26.2. The number of hydrogen-bond acceptors (Lipinski definition) is 7. The molecule has 1 spiro atoms. The largest absolute Gasteiger partial charge is 0.469 e. The average Bonchev–Trinajstić information content (AvgIpc) is 2.54. The van der Waals surface area contributed by atoms with E-state index in [2.05, 4.69) is 36.5 Å². The van der Waals surface area contributed by atoms with E-state index in [-0.39, 0.29) is 17.8 Å². The molecule has 0 unspecified atom stereocenters. The third-order valence-electron chi connectivity index (χ3n) is 4.34. The van der Waals surface area contributed by atoms with Gasteiger partial charge in [-0.25, -0.2) is 4.99 Å². The van der Waals surface area contributed by atoms with Gasteiger partial charge in [0.2, 0.25) is 11.9 Å². The summed E-state index contributed by atoms with van der Waals surface area (Å²) in [6.07, 6.45) is 2.82. The van der Waals surface area contributed by atoms with E-state index in [0.717, 1.165) is 10.2 Å². The number of hydrogen-bond donors (Lipinski definition) is 3. The fourth-order valence-corrected chi connectivity index (χ4v) is 3.53. The second-order valence-electron chi connectivity index (χ2n) is 6.02. The van der Waals surface area contributed by atoms with Gasteiger partial charge in [0.05, 0.1) is 13.0 Å². The average molecular weight is 394 g/mol. The highest BCUT2D eigenvalue weighted by Crippen LogP contribution is 2.35. The van der Waals surface area contributed by atoms with E-state index in [1.54, 1.807) is 0 Å². The van der Waals surface area contributed by atoms with Gasteiger partial charge in [-0.3, -0.25) is 4.79 Å². The van der Waals surface area contributed by atoms with Crippen LogP contribution in [0, 0.1) is 5.92 Å². The smallest absolute Gasteiger partial charge is 0.308 e. The number of ether oxygens (including phenoxy) is 1. The minimum atomic E-state index is -0.509. The first-order chi connectivity index (χ1) is 11.5. The zero-order chi connectivity index (χ0) is 17.2. The molecule has 1 heterocycles. The SMILES string of the molecule is COC(=O)C1CCC2(CC1)N=C(N)N=C(Nc1cccc(Br)c1)N2. The van der Waals surface area contributed by atoms with Crippen LogP contribution in [0.5, 0.6) is 0 Å². The van der Waals surface area contributed by atoms with E-state index < -0.39 is 5.66 Å². The third kappa shape index (κ3) is 3.69. The number of halogens is 1. The van der Waals surface area contributed by atoms with Crippen molar-refractivity contribution >= 4 is 39.5 Å². The summed E-state index contributed by atoms with van der Waals surface area (Å²) in [6, 6.07) is 7.78. The molecule has 0 bridgehead atoms. The third-order valence-corrected chi connectivity index (χ3v) is 4.83. The molecule has 2 aliphatic rings. The molecule has 0 atom stereocenters. The summed E-state index contributed by atoms with van der Waals surface area (Å²) in [5.74, 6) is 0.581. The van der Waals surface area contributed by atoms with Crippen molar-refractivity contribution < 1.29 is 9.53 Å². The van der Waals surface area contributed by atoms with Gasteiger partial charge in [-0.15, -0.1) is 0 Å². The Morgan fingerprint density at radius 1 is 1.46 bits per heavy atom. The van der Waals surface area contributed by atoms with Gasteiger partial charge in [-0.2, -0.15) is 4.99 Å². The lowest BCUT2D eigenvalue weighted by Gasteiger charge is -2.39. The van der Waals surface area contributed by atoms with Gasteiger partial charge in [0.25, 0.3) is 0 Å². The number of methoxy groups -OCH3 is 1. The van der Waals surface area contributed by atoms with Gasteiger partial charge < -0.3 is 21.1 Å². The number of esters is 1. The van der Waals surface area contributed by atoms with E-state index in [4.69, 9.17) is 10.5 Å². The van der Waals surface area contributed by atoms with Crippen LogP contribution in [0.15, 0.2) is 38.7 Å². The Morgan fingerprint density at radius 3 is 2.88 bits per heavy atom. The number of carbonyl (C=O) groups excluding carboxylic acids is 1. The lowest BCUT2D eigenvalue weighted by Crippen LogP contribution is -2.55. The summed E-state index contributed by atoms with van der Waals surface area (Å²) >= 11 is 3.44. The Kier molecular flexibility index (Phi) is 4.75. The van der Waals surface area contributed by atoms with Gasteiger partial charge >= 0.3 is 5.97 Å². The molecule has 1 aromatic rings. The van der Waals surface area contributed by atoms with Crippen LogP contribution in [0.3, 0.4) is 0 Å². The molecule has 1 aliphatic carbocycles. The number of nitrogens with one attached hydrogen (secondary N) is 2. The first-order valence-electron chi connectivity index (χ1n) is 7.82. The minimum absolute atomic E-state index is 0.0702. The van der Waals surface area contributed by atoms with E-state index >= 15 is 0 Å². The fourth-order valence-electron chi connectivity index (χ4n) is 3.13. The standard InChI is InChI=1S/C16H20BrN5O2/c1-24-13(23)10-5-7-16(8-6-10)21-14(18)20-15(22-16)19-12-4-2-3-11(17)9-12/h2-4,9-10H,5-8H2,1H3,(H4,18,19,20,21,22). The lowest BCUT2D eigenvalue weighted by atomic mass is 9.82. The number of guanidine groups is 2. The molecule has 24 heavy (non-hydrogen) atoms. The summed E-state index contributed by atoms with van der Waals surface area (Å²) in [5, 5.41) is 6.57. The number of anilines is 1. The van der Waals surface area contributed by atoms with Gasteiger partial charge in [-0.1, -0.05) is 22.0 Å². The van der Waals surface area contributed by atoms with Crippen molar-refractivity contribution in [2.75, 3.05) is 12.4 Å². The summed E-state index contributed by atoms with van der Waals surface area (Å²) in [4.78, 5) is 20.4. The molecule has 1 saturated carbocycles. The van der Waals surface area contributed by atoms with Crippen molar-refractivity contribution in [3.8, 4) is 0 Å². The highest BCUT2D eigenvalue weighted by atomic mass is 79.9. The number of nitrogens with zero attached hydrogens (tertiary/aromatic N) is 2. The van der Waals surface area contributed by atoms with E-state index in [9.17, 15) is 4.79 Å². The van der Waals surface area contributed by atoms with Gasteiger partial charge in [0, 0.05) is 10.2 Å². The van der Waals surface area contributed by atoms with Crippen molar-refractivity contribution in [1.29, 1.82) is 0 Å². The molecule has 128 valence electrons. The Bertz CT molecular complexity index is 695. The molecule has 0 aromatic heterocycles. The van der Waals surface area contributed by atoms with Gasteiger partial charge in [0.1, 0.15) is 5.66 Å². The molecule has 4 N–H and O–H groups in total. The van der Waals surface area contributed by atoms with Crippen LogP contribution in [0.2, 0.25) is 0 Å². The van der Waals surface area contributed by atoms with Crippen LogP contribution >= 0.6 is 15.9 Å². The van der Waals surface area contributed by atoms with Crippen LogP contribution < -0.4 is 16.4 Å². The molecule has 1 aliphatic heterocycles. The van der Waals surface area contributed by atoms with E-state index in [1.807, 2.05) is 24.3 Å². The van der Waals surface area contributed by atoms with Crippen LogP contribution in [0.25, 0.3) is 0 Å². The van der Waals surface area contributed by atoms with Crippen molar-refractivity contribution in [3.05, 3.63) is 28.7 Å². The zero-order valence-corrected chi connectivity index (χ0v) is 15.0. The molecular formula is C16H20BrN5O2. The minimum Gasteiger partial charge on any atom is -0.469 e. The van der Waals surface area contributed by atoms with Gasteiger partial charge in [0.15, 0.2) is 0 Å². The Balaban J connectivity index is 1.70. The van der Waals surface area contributed by atoms with Crippen molar-refractivity contribution in [3.63, 3.8) is 0 Å². The number of benzene rings is 1. The summed E-state index contributed by atoms with van der Waals surface area (Å²) in [6.45, 7) is 0. The lowest BCUT2D eigenvalue weighted by molar-refractivity contribution is -0.146. The topological polar surface area (TPSA) is 101 Å². The first-order valence-corrected chi connectivity index (χ1v) is 8.62. The monoisotopic (exact) mass is 393 g/mol. The second-order valence-corrected chi connectivity index (χ2v) is 6.94. The highest BCUT2D eigenvalue weighted by Gasteiger charge is 2.40. The summed E-state index contributed by atoms with van der Waals surface area (Å²) in [5.41, 5.74) is 6.30. The van der Waals surface area contributed by atoms with Crippen molar-refractivity contribution in [2.24, 2.45) is 21.6 Å². The van der Waals surface area contributed by atoms with Crippen LogP contribution in [-0.4, -0.2) is 30.7 Å². The quantitative estimate of drug-likeness (QED) is 0.668. The molecule has 1 aromatic carbocycles. The summed E-state index contributed by atoms with van der Waals surface area (Å²) in [7, 11) is 1.42. The maximum atomic E-state index is 11.7. The Labute approximate surface area is 148 Å². The maximum absolute atomic E-state index is 11.7. The van der Waals surface area contributed by atoms with Crippen LogP contribution in [-0.2, 0) is 9.53 Å². The number of rotatable bonds is 2. The van der Waals surface area contributed by atoms with Crippen LogP contribution in [0.1, 0.15) is 25.7 Å². The van der Waals surface area contributed by atoms with Crippen molar-refractivity contribution in [2.45, 2.75) is 31.3 Å². The molecule has 7 nitrogen and oxygen atoms in total. The van der Waals surface area contributed by atoms with Crippen molar-refractivity contribution in [1.82, 2.24) is 5.32 Å². The van der Waals surface area contributed by atoms with E-state index in [1.165, 1.54) is 7.11 Å². The zero-order valence-electron chi connectivity index (χ0n) is 13.4. The molecule has 0 radical (unpaired) electrons. The molecule has 0 amide bonds. The number of carbonyl (C=O) groups is 1. The molecule has 0 saturated heterocycles. The maximum Gasteiger partial charge on any atom is 0.308 e. The molecular weight excluding hydrogens is 374 g/mol. The molecule has 1 fully saturated rings. The molecule has 3 rings (SSSR count). The Morgan fingerprint density at radius 2 is 2.21 bits per heavy atom.